The van der Waals surface area contributed by atoms with Gasteiger partial charge in [0.2, 0.25) is 11.8 Å². The number of piperidine rings is 2. The molecule has 2 unspecified atom stereocenters. The first-order chi connectivity index (χ1) is 15.5. The number of amides is 3. The highest BCUT2D eigenvalue weighted by Crippen LogP contribution is 2.49. The lowest BCUT2D eigenvalue weighted by Gasteiger charge is -2.45. The molecule has 1 N–H and O–H groups in total. The second kappa shape index (κ2) is 7.36. The minimum absolute atomic E-state index is 0.00478. The maximum atomic E-state index is 13.3. The Bertz CT molecular complexity index is 1050. The molecule has 0 spiro atoms. The Labute approximate surface area is 187 Å². The van der Waals surface area contributed by atoms with Gasteiger partial charge in [0.15, 0.2) is 5.76 Å². The average molecular weight is 436 g/mol. The third-order valence-corrected chi connectivity index (χ3v) is 7.83. The molecule has 2 aliphatic heterocycles. The number of fused-ring (bicyclic) bond motifs is 2. The molecule has 0 radical (unpaired) electrons. The number of benzene rings is 1. The molecular formula is C25H29N3O4. The lowest BCUT2D eigenvalue weighted by Crippen LogP contribution is -2.55. The van der Waals surface area contributed by atoms with Crippen molar-refractivity contribution in [3.8, 4) is 0 Å². The van der Waals surface area contributed by atoms with E-state index in [4.69, 9.17) is 4.42 Å². The normalized spacial score (nSPS) is 26.5. The van der Waals surface area contributed by atoms with Crippen LogP contribution in [0.15, 0.2) is 34.7 Å². The summed E-state index contributed by atoms with van der Waals surface area (Å²) in [5, 5.41) is 3.96. The molecule has 4 fully saturated rings. The van der Waals surface area contributed by atoms with Crippen LogP contribution in [0.25, 0.3) is 11.0 Å². The molecule has 168 valence electrons. The molecule has 3 amide bonds. The fourth-order valence-corrected chi connectivity index (χ4v) is 5.49. The van der Waals surface area contributed by atoms with Gasteiger partial charge < -0.3 is 19.5 Å². The lowest BCUT2D eigenvalue weighted by atomic mass is 9.79. The SMILES string of the molecule is O=C(c1cc2ccccc2o1)N1CCC2CCN(C(=O)C3(C(=O)NC4CC4)CC3)CC2C1. The van der Waals surface area contributed by atoms with Crippen LogP contribution in [-0.2, 0) is 9.59 Å². The molecule has 4 aliphatic rings. The van der Waals surface area contributed by atoms with Crippen LogP contribution >= 0.6 is 0 Å². The number of hydrogen-bond acceptors (Lipinski definition) is 4. The molecular weight excluding hydrogens is 406 g/mol. The first-order valence-corrected chi connectivity index (χ1v) is 11.9. The summed E-state index contributed by atoms with van der Waals surface area (Å²) >= 11 is 0. The number of nitrogens with zero attached hydrogens (tertiary/aromatic N) is 2. The zero-order valence-electron chi connectivity index (χ0n) is 18.2. The molecule has 3 heterocycles. The number of nitrogens with one attached hydrogen (secondary N) is 1. The first kappa shape index (κ1) is 19.8. The van der Waals surface area contributed by atoms with Gasteiger partial charge in [-0.05, 0) is 62.5 Å². The number of likely N-dealkylation sites (tertiary alicyclic amines) is 2. The van der Waals surface area contributed by atoms with Gasteiger partial charge in [0.1, 0.15) is 11.0 Å². The molecule has 1 aromatic heterocycles. The monoisotopic (exact) mass is 435 g/mol. The molecule has 32 heavy (non-hydrogen) atoms. The summed E-state index contributed by atoms with van der Waals surface area (Å²) in [5.74, 6) is 0.992. The van der Waals surface area contributed by atoms with Crippen molar-refractivity contribution in [3.05, 3.63) is 36.1 Å². The fraction of sp³-hybridized carbons (Fsp3) is 0.560. The molecule has 0 bridgehead atoms. The molecule has 2 saturated carbocycles. The van der Waals surface area contributed by atoms with Crippen molar-refractivity contribution in [1.29, 1.82) is 0 Å². The third-order valence-electron chi connectivity index (χ3n) is 7.83. The molecule has 2 atom stereocenters. The average Bonchev–Trinajstić information content (AvgIpc) is 3.75. The Morgan fingerprint density at radius 1 is 0.938 bits per heavy atom. The quantitative estimate of drug-likeness (QED) is 0.749. The van der Waals surface area contributed by atoms with E-state index in [1.807, 2.05) is 40.1 Å². The second-order valence-corrected chi connectivity index (χ2v) is 10.1. The fourth-order valence-electron chi connectivity index (χ4n) is 5.49. The van der Waals surface area contributed by atoms with Crippen molar-refractivity contribution >= 4 is 28.7 Å². The summed E-state index contributed by atoms with van der Waals surface area (Å²) in [6.45, 7) is 2.70. The van der Waals surface area contributed by atoms with Gasteiger partial charge in [0.05, 0.1) is 0 Å². The van der Waals surface area contributed by atoms with Crippen LogP contribution in [0.1, 0.15) is 49.1 Å². The van der Waals surface area contributed by atoms with Crippen molar-refractivity contribution < 1.29 is 18.8 Å². The van der Waals surface area contributed by atoms with Crippen molar-refractivity contribution in [1.82, 2.24) is 15.1 Å². The molecule has 1 aromatic carbocycles. The Morgan fingerprint density at radius 3 is 2.38 bits per heavy atom. The minimum atomic E-state index is -0.826. The van der Waals surface area contributed by atoms with Gasteiger partial charge >= 0.3 is 0 Å². The summed E-state index contributed by atoms with van der Waals surface area (Å²) in [6.07, 6.45) is 5.27. The highest BCUT2D eigenvalue weighted by atomic mass is 16.3. The lowest BCUT2D eigenvalue weighted by molar-refractivity contribution is -0.146. The van der Waals surface area contributed by atoms with Gasteiger partial charge in [-0.1, -0.05) is 18.2 Å². The Balaban J connectivity index is 1.13. The standard InChI is InChI=1S/C25H29N3O4/c29-22(21-13-17-3-1-2-4-20(17)32-21)27-11-7-16-8-12-28(15-18(16)14-27)24(31)25(9-10-25)23(30)26-19-5-6-19/h1-4,13,16,18-19H,5-12,14-15H2,(H,26,30). The van der Waals surface area contributed by atoms with Crippen LogP contribution in [0, 0.1) is 17.3 Å². The van der Waals surface area contributed by atoms with E-state index >= 15 is 0 Å². The van der Waals surface area contributed by atoms with Crippen LogP contribution in [0.3, 0.4) is 0 Å². The molecule has 7 heteroatoms. The summed E-state index contributed by atoms with van der Waals surface area (Å²) in [4.78, 5) is 42.9. The van der Waals surface area contributed by atoms with Crippen LogP contribution in [0.4, 0.5) is 0 Å². The zero-order valence-corrected chi connectivity index (χ0v) is 18.2. The number of para-hydroxylation sites is 1. The summed E-state index contributed by atoms with van der Waals surface area (Å²) < 4.78 is 5.79. The second-order valence-electron chi connectivity index (χ2n) is 10.1. The maximum Gasteiger partial charge on any atom is 0.289 e. The number of furan rings is 1. The van der Waals surface area contributed by atoms with Crippen molar-refractivity contribution in [3.63, 3.8) is 0 Å². The predicted molar refractivity (Wildman–Crippen MR) is 118 cm³/mol. The van der Waals surface area contributed by atoms with E-state index in [0.717, 1.165) is 49.7 Å². The van der Waals surface area contributed by atoms with Crippen LogP contribution < -0.4 is 5.32 Å². The Hall–Kier alpha value is -2.83. The largest absolute Gasteiger partial charge is 0.451 e. The van der Waals surface area contributed by atoms with E-state index in [-0.39, 0.29) is 29.7 Å². The number of carbonyl (C=O) groups is 3. The smallest absolute Gasteiger partial charge is 0.289 e. The number of rotatable bonds is 4. The zero-order chi connectivity index (χ0) is 21.9. The Morgan fingerprint density at radius 2 is 1.66 bits per heavy atom. The van der Waals surface area contributed by atoms with E-state index in [1.165, 1.54) is 0 Å². The van der Waals surface area contributed by atoms with Gasteiger partial charge in [0.25, 0.3) is 5.91 Å². The van der Waals surface area contributed by atoms with E-state index in [2.05, 4.69) is 5.32 Å². The molecule has 6 rings (SSSR count). The first-order valence-electron chi connectivity index (χ1n) is 11.9. The van der Waals surface area contributed by atoms with Gasteiger partial charge in [-0.25, -0.2) is 0 Å². The third kappa shape index (κ3) is 3.38. The van der Waals surface area contributed by atoms with Crippen molar-refractivity contribution in [2.45, 2.75) is 44.6 Å². The minimum Gasteiger partial charge on any atom is -0.451 e. The number of hydrogen-bond donors (Lipinski definition) is 1. The summed E-state index contributed by atoms with van der Waals surface area (Å²) in [6, 6.07) is 9.74. The maximum absolute atomic E-state index is 13.3. The summed E-state index contributed by atoms with van der Waals surface area (Å²) in [5.41, 5.74) is -0.104. The van der Waals surface area contributed by atoms with Crippen LogP contribution in [-0.4, -0.2) is 59.7 Å². The molecule has 2 saturated heterocycles. The van der Waals surface area contributed by atoms with Gasteiger partial charge in [0, 0.05) is 37.6 Å². The van der Waals surface area contributed by atoms with Crippen LogP contribution in [0.2, 0.25) is 0 Å². The molecule has 2 aromatic rings. The predicted octanol–water partition coefficient (Wildman–Crippen LogP) is 2.80. The highest BCUT2D eigenvalue weighted by molar-refractivity contribution is 6.08. The molecule has 2 aliphatic carbocycles. The van der Waals surface area contributed by atoms with Crippen molar-refractivity contribution in [2.24, 2.45) is 17.3 Å². The van der Waals surface area contributed by atoms with Gasteiger partial charge in [-0.15, -0.1) is 0 Å². The van der Waals surface area contributed by atoms with Gasteiger partial charge in [-0.2, -0.15) is 0 Å². The van der Waals surface area contributed by atoms with Crippen molar-refractivity contribution in [2.75, 3.05) is 26.2 Å². The van der Waals surface area contributed by atoms with E-state index < -0.39 is 5.41 Å². The van der Waals surface area contributed by atoms with E-state index in [9.17, 15) is 14.4 Å². The van der Waals surface area contributed by atoms with Crippen LogP contribution in [0.5, 0.6) is 0 Å². The summed E-state index contributed by atoms with van der Waals surface area (Å²) in [7, 11) is 0. The molecule has 7 nitrogen and oxygen atoms in total. The van der Waals surface area contributed by atoms with E-state index in [0.29, 0.717) is 37.6 Å². The van der Waals surface area contributed by atoms with Gasteiger partial charge in [-0.3, -0.25) is 14.4 Å². The topological polar surface area (TPSA) is 82.9 Å². The Kier molecular flexibility index (Phi) is 4.56. The number of carbonyl (C=O) groups excluding carboxylic acids is 3. The van der Waals surface area contributed by atoms with E-state index in [1.54, 1.807) is 0 Å². The highest BCUT2D eigenvalue weighted by Gasteiger charge is 2.59.